The first kappa shape index (κ1) is 19.4. The summed E-state index contributed by atoms with van der Waals surface area (Å²) in [5.41, 5.74) is 2.28. The maximum Gasteiger partial charge on any atom is 0.239 e. The monoisotopic (exact) mass is 443 g/mol. The fourth-order valence-electron chi connectivity index (χ4n) is 7.10. The number of rotatable bonds is 2. The second-order valence-corrected chi connectivity index (χ2v) is 9.75. The van der Waals surface area contributed by atoms with E-state index in [1.54, 1.807) is 0 Å². The summed E-state index contributed by atoms with van der Waals surface area (Å²) < 4.78 is 0. The summed E-state index contributed by atoms with van der Waals surface area (Å²) in [6.45, 7) is 2.06. The van der Waals surface area contributed by atoms with Gasteiger partial charge in [-0.1, -0.05) is 91.9 Å². The van der Waals surface area contributed by atoms with Crippen molar-refractivity contribution in [2.24, 2.45) is 11.8 Å². The van der Waals surface area contributed by atoms with Gasteiger partial charge >= 0.3 is 0 Å². The molecule has 4 aliphatic rings. The second-order valence-electron chi connectivity index (χ2n) is 9.75. The zero-order valence-corrected chi connectivity index (χ0v) is 18.6. The molecule has 2 bridgehead atoms. The van der Waals surface area contributed by atoms with Crippen molar-refractivity contribution in [1.82, 2.24) is 0 Å². The molecule has 4 nitrogen and oxygen atoms in total. The quantitative estimate of drug-likeness (QED) is 0.331. The molecule has 1 heterocycles. The van der Waals surface area contributed by atoms with Gasteiger partial charge in [0.2, 0.25) is 11.8 Å². The largest absolute Gasteiger partial charge is 0.302 e. The number of aldehydes is 1. The predicted molar refractivity (Wildman–Crippen MR) is 130 cm³/mol. The third kappa shape index (κ3) is 1.95. The van der Waals surface area contributed by atoms with Gasteiger partial charge in [0.15, 0.2) is 0 Å². The molecule has 2 amide bonds. The Hall–Kier alpha value is -4.05. The Labute approximate surface area is 196 Å². The summed E-state index contributed by atoms with van der Waals surface area (Å²) in [7, 11) is 0. The molecule has 8 rings (SSSR count). The smallest absolute Gasteiger partial charge is 0.239 e. The van der Waals surface area contributed by atoms with Crippen LogP contribution in [0.15, 0.2) is 91.0 Å². The number of nitrogens with zero attached hydrogens (tertiary/aromatic N) is 1. The average molecular weight is 444 g/mol. The number of amides is 2. The van der Waals surface area contributed by atoms with Crippen LogP contribution in [0.2, 0.25) is 0 Å². The molecule has 164 valence electrons. The van der Waals surface area contributed by atoms with E-state index >= 15 is 0 Å². The van der Waals surface area contributed by atoms with Gasteiger partial charge in [0.1, 0.15) is 6.29 Å². The molecule has 1 fully saturated rings. The maximum atomic E-state index is 14.3. The van der Waals surface area contributed by atoms with Crippen molar-refractivity contribution in [2.45, 2.75) is 17.8 Å². The van der Waals surface area contributed by atoms with E-state index in [9.17, 15) is 14.4 Å². The van der Waals surface area contributed by atoms with E-state index in [0.717, 1.165) is 39.3 Å². The molecule has 0 saturated carbocycles. The minimum Gasteiger partial charge on any atom is -0.302 e. The van der Waals surface area contributed by atoms with E-state index in [1.807, 2.05) is 91.0 Å². The van der Waals surface area contributed by atoms with Gasteiger partial charge in [0.25, 0.3) is 0 Å². The fourth-order valence-corrected chi connectivity index (χ4v) is 7.10. The number of benzene rings is 4. The highest BCUT2D eigenvalue weighted by Gasteiger charge is 2.72. The third-order valence-corrected chi connectivity index (χ3v) is 8.48. The number of carbonyl (C=O) groups excluding carboxylic acids is 3. The number of hydrogen-bond donors (Lipinski definition) is 0. The zero-order valence-electron chi connectivity index (χ0n) is 18.6. The molecule has 34 heavy (non-hydrogen) atoms. The molecule has 1 aliphatic heterocycles. The van der Waals surface area contributed by atoms with E-state index in [-0.39, 0.29) is 11.8 Å². The Kier molecular flexibility index (Phi) is 3.59. The van der Waals surface area contributed by atoms with Crippen LogP contribution in [0.25, 0.3) is 10.8 Å². The Bertz CT molecular complexity index is 1520. The first-order valence-electron chi connectivity index (χ1n) is 11.6. The van der Waals surface area contributed by atoms with Crippen LogP contribution in [0.5, 0.6) is 0 Å². The van der Waals surface area contributed by atoms with Gasteiger partial charge in [-0.05, 0) is 33.7 Å². The van der Waals surface area contributed by atoms with E-state index in [4.69, 9.17) is 0 Å². The van der Waals surface area contributed by atoms with Gasteiger partial charge < -0.3 is 4.79 Å². The molecule has 4 aromatic rings. The van der Waals surface area contributed by atoms with Crippen molar-refractivity contribution in [1.29, 1.82) is 0 Å². The van der Waals surface area contributed by atoms with Gasteiger partial charge in [0, 0.05) is 10.8 Å². The van der Waals surface area contributed by atoms with Gasteiger partial charge in [-0.15, -0.1) is 0 Å². The van der Waals surface area contributed by atoms with Crippen molar-refractivity contribution >= 4 is 34.6 Å². The molecule has 4 heteroatoms. The summed E-state index contributed by atoms with van der Waals surface area (Å²) in [5, 5.41) is 1.80. The first-order valence-corrected chi connectivity index (χ1v) is 11.6. The van der Waals surface area contributed by atoms with Crippen molar-refractivity contribution in [3.8, 4) is 0 Å². The van der Waals surface area contributed by atoms with Crippen molar-refractivity contribution in [3.05, 3.63) is 113 Å². The van der Waals surface area contributed by atoms with Crippen LogP contribution in [-0.4, -0.2) is 18.1 Å². The topological polar surface area (TPSA) is 54.5 Å². The summed E-state index contributed by atoms with van der Waals surface area (Å²) in [4.78, 5) is 43.0. The molecular weight excluding hydrogens is 422 g/mol. The highest BCUT2D eigenvalue weighted by molar-refractivity contribution is 6.27. The molecule has 0 spiro atoms. The minimum absolute atomic E-state index is 0.232. The maximum absolute atomic E-state index is 14.3. The first-order chi connectivity index (χ1) is 16.5. The Balaban J connectivity index is 1.56. The number of hydrogen-bond acceptors (Lipinski definition) is 3. The molecule has 0 N–H and O–H groups in total. The molecule has 0 unspecified atom stereocenters. The van der Waals surface area contributed by atoms with Gasteiger partial charge in [-0.2, -0.15) is 0 Å². The van der Waals surface area contributed by atoms with E-state index < -0.39 is 22.7 Å². The minimum atomic E-state index is -1.19. The van der Waals surface area contributed by atoms with E-state index in [2.05, 4.69) is 6.92 Å². The SMILES string of the molecule is CC12c3ccccc3C(C=O)(c3ccccc31)[C@H]1C(=O)N(c3cccc4ccccc34)C(=O)[C@@H]12. The van der Waals surface area contributed by atoms with Crippen LogP contribution in [0.1, 0.15) is 29.2 Å². The van der Waals surface area contributed by atoms with Crippen LogP contribution in [0.4, 0.5) is 5.69 Å². The van der Waals surface area contributed by atoms with Crippen LogP contribution < -0.4 is 4.90 Å². The highest BCUT2D eigenvalue weighted by atomic mass is 16.2. The third-order valence-electron chi connectivity index (χ3n) is 8.48. The van der Waals surface area contributed by atoms with E-state index in [1.165, 1.54) is 4.90 Å². The molecule has 0 aromatic heterocycles. The Morgan fingerprint density at radius 3 is 1.85 bits per heavy atom. The number of imide groups is 1. The summed E-state index contributed by atoms with van der Waals surface area (Å²) in [6, 6.07) is 29.1. The lowest BCUT2D eigenvalue weighted by Gasteiger charge is -2.56. The van der Waals surface area contributed by atoms with Gasteiger partial charge in [-0.25, -0.2) is 4.90 Å². The number of anilines is 1. The van der Waals surface area contributed by atoms with Crippen LogP contribution in [-0.2, 0) is 25.2 Å². The average Bonchev–Trinajstić information content (AvgIpc) is 3.16. The Morgan fingerprint density at radius 1 is 0.676 bits per heavy atom. The number of fused-ring (bicyclic) bond motifs is 1. The number of carbonyl (C=O) groups is 3. The standard InChI is InChI=1S/C30H21NO3/c1-29-20-12-4-6-14-22(20)30(17-32,23-15-7-5-13-21(23)29)26-25(29)27(33)31(28(26)34)24-16-8-10-18-9-2-3-11-19(18)24/h2-17,25-26H,1H3/t25-,26-,29?,30?/m1/s1. The van der Waals surface area contributed by atoms with Crippen LogP contribution in [0.3, 0.4) is 0 Å². The fraction of sp³-hybridized carbons (Fsp3) is 0.167. The molecule has 0 radical (unpaired) electrons. The van der Waals surface area contributed by atoms with Crippen LogP contribution >= 0.6 is 0 Å². The Morgan fingerprint density at radius 2 is 1.21 bits per heavy atom. The van der Waals surface area contributed by atoms with Crippen molar-refractivity contribution in [3.63, 3.8) is 0 Å². The molecule has 3 aliphatic carbocycles. The van der Waals surface area contributed by atoms with Crippen LogP contribution in [0, 0.1) is 11.8 Å². The highest BCUT2D eigenvalue weighted by Crippen LogP contribution is 2.66. The lowest BCUT2D eigenvalue weighted by atomic mass is 9.42. The second kappa shape index (κ2) is 6.29. The van der Waals surface area contributed by atoms with E-state index in [0.29, 0.717) is 5.69 Å². The summed E-state index contributed by atoms with van der Waals surface area (Å²) in [6.07, 6.45) is 0.916. The summed E-state index contributed by atoms with van der Waals surface area (Å²) in [5.74, 6) is -1.97. The van der Waals surface area contributed by atoms with Gasteiger partial charge in [0.05, 0.1) is 22.9 Å². The lowest BCUT2D eigenvalue weighted by Crippen LogP contribution is -2.61. The molecule has 2 atom stereocenters. The van der Waals surface area contributed by atoms with Gasteiger partial charge in [-0.3, -0.25) is 9.59 Å². The zero-order chi connectivity index (χ0) is 23.2. The van der Waals surface area contributed by atoms with Crippen molar-refractivity contribution in [2.75, 3.05) is 4.90 Å². The normalized spacial score (nSPS) is 28.6. The molecule has 1 saturated heterocycles. The molecule has 4 aromatic carbocycles. The predicted octanol–water partition coefficient (Wildman–Crippen LogP) is 4.76. The lowest BCUT2D eigenvalue weighted by molar-refractivity contribution is -0.129. The summed E-state index contributed by atoms with van der Waals surface area (Å²) >= 11 is 0. The molecular formula is C30H21NO3. The van der Waals surface area contributed by atoms with Crippen molar-refractivity contribution < 1.29 is 14.4 Å².